The molecule has 22 nitrogen and oxygen atoms in total. The van der Waals surface area contributed by atoms with E-state index in [-0.39, 0.29) is 83.9 Å². The standard InChI is InChI=1S/C27H34F3N3O4.C26H28ClN3O.C26H32F3N3O3.C24H29N3O2/c1-5-36-24(34)17-32-14-15-33-22(8-9-23(33)27(28,29)30)26(32)10-12-31(13-11-26)25(35)20-6-7-21(19(4)16-20)37-18(2)3;1-19-18-21(8-9-22(19)20-6-4-3-5-7-20)25(31)29-14-12-26(13-15-29)23-10-11-24(27)30(23)17-16-28(26)2;1-24(2,3)18-7-6-17(16-20(18)35-5)23(34)31-12-10-25(11-13-31)21-9-8-19(22(33)26(27,28)29)32(21)15-14-30(25)4;1-17(28)21-9-10-22-24(25(2)15-16-27(21)22)11-13-26(14-12-24)23(29)20-7-5-19(6-8-20)18-3-4-18/h6-9,16,18H,5,10-15,17H2,1-4H3;3-11,18H,12-17H2,1-2H3;6-9,16H,10-15H2,1-5H3;5-10,18H,3-4,11-16H2,1-2H3. The number of hydrogen-bond donors (Lipinski definition) is 0. The van der Waals surface area contributed by atoms with Gasteiger partial charge in [0.15, 0.2) is 5.78 Å². The molecule has 12 heterocycles. The molecule has 4 saturated heterocycles. The number of ketones is 2. The van der Waals surface area contributed by atoms with Gasteiger partial charge < -0.3 is 52.1 Å². The molecule has 8 aliphatic heterocycles. The van der Waals surface area contributed by atoms with Crippen molar-refractivity contribution >= 4 is 52.8 Å². The first-order chi connectivity index (χ1) is 62.7. The summed E-state index contributed by atoms with van der Waals surface area (Å²) in [5.74, 6) is 0.0497. The highest BCUT2D eigenvalue weighted by Gasteiger charge is 2.53. The Morgan fingerprint density at radius 1 is 0.462 bits per heavy atom. The summed E-state index contributed by atoms with van der Waals surface area (Å²) < 4.78 is 104. The molecule has 4 spiro atoms. The van der Waals surface area contributed by atoms with Gasteiger partial charge in [0.2, 0.25) is 0 Å². The van der Waals surface area contributed by atoms with Gasteiger partial charge in [0.25, 0.3) is 29.4 Å². The Kier molecular flexibility index (Phi) is 27.8. The highest BCUT2D eigenvalue weighted by molar-refractivity contribution is 6.29. The fraction of sp³-hybridized carbons (Fsp3) is 0.485. The van der Waals surface area contributed by atoms with Crippen LogP contribution in [0.15, 0.2) is 158 Å². The van der Waals surface area contributed by atoms with Crippen molar-refractivity contribution in [2.45, 2.75) is 205 Å². The predicted octanol–water partition coefficient (Wildman–Crippen LogP) is 18.1. The number of Topliss-reactive ketones (excluding diaryl/α,β-unsaturated/α-hetero) is 2. The Balaban J connectivity index is 0.000000135. The zero-order chi connectivity index (χ0) is 94.5. The molecule has 0 unspecified atom stereocenters. The van der Waals surface area contributed by atoms with Crippen LogP contribution < -0.4 is 9.47 Å². The zero-order valence-electron chi connectivity index (χ0n) is 78.1. The van der Waals surface area contributed by atoms with Crippen molar-refractivity contribution in [3.05, 3.63) is 247 Å². The number of aryl methyl sites for hydroxylation is 2. The van der Waals surface area contributed by atoms with Crippen molar-refractivity contribution in [1.82, 2.24) is 57.5 Å². The normalized spacial score (nSPS) is 18.8. The van der Waals surface area contributed by atoms with Gasteiger partial charge in [-0.05, 0) is 268 Å². The number of benzene rings is 5. The summed E-state index contributed by atoms with van der Waals surface area (Å²) in [5.41, 5.74) is 11.4. The van der Waals surface area contributed by atoms with Gasteiger partial charge in [-0.25, -0.2) is 0 Å². The van der Waals surface area contributed by atoms with E-state index >= 15 is 0 Å². The third-order valence-electron chi connectivity index (χ3n) is 29.2. The second-order valence-corrected chi connectivity index (χ2v) is 38.6. The van der Waals surface area contributed by atoms with Crippen molar-refractivity contribution < 1.29 is 74.1 Å². The van der Waals surface area contributed by atoms with E-state index < -0.39 is 40.9 Å². The van der Waals surface area contributed by atoms with E-state index in [4.69, 9.17) is 25.8 Å². The van der Waals surface area contributed by atoms with Gasteiger partial charge in [-0.1, -0.05) is 87.0 Å². The van der Waals surface area contributed by atoms with Gasteiger partial charge in [0, 0.05) is 157 Å². The lowest BCUT2D eigenvalue weighted by Crippen LogP contribution is -2.59. The number of carbonyl (C=O) groups excluding carboxylic acids is 7. The molecule has 0 bridgehead atoms. The topological polar surface area (TPSA) is 193 Å². The molecule has 29 heteroatoms. The number of amides is 4. The summed E-state index contributed by atoms with van der Waals surface area (Å²) in [6, 6.07) is 49.4. The van der Waals surface area contributed by atoms with E-state index in [1.807, 2.05) is 109 Å². The molecule has 9 aromatic rings. The third-order valence-corrected chi connectivity index (χ3v) is 29.6. The van der Waals surface area contributed by atoms with Crippen molar-refractivity contribution in [2.24, 2.45) is 0 Å². The second-order valence-electron chi connectivity index (χ2n) is 38.2. The van der Waals surface area contributed by atoms with Crippen molar-refractivity contribution in [2.75, 3.05) is 120 Å². The van der Waals surface area contributed by atoms with Crippen molar-refractivity contribution in [1.29, 1.82) is 0 Å². The average molecular weight is 1840 g/mol. The summed E-state index contributed by atoms with van der Waals surface area (Å²) in [6.07, 6.45) is -1.20. The minimum Gasteiger partial charge on any atom is -0.496 e. The van der Waals surface area contributed by atoms with E-state index in [1.165, 1.54) is 62.2 Å². The minimum atomic E-state index is -4.91. The Morgan fingerprint density at radius 2 is 0.894 bits per heavy atom. The number of methoxy groups -OCH3 is 1. The van der Waals surface area contributed by atoms with Crippen molar-refractivity contribution in [3.8, 4) is 22.6 Å². The van der Waals surface area contributed by atoms with Crippen LogP contribution in [-0.2, 0) is 69.5 Å². The molecule has 4 amide bonds. The van der Waals surface area contributed by atoms with Crippen LogP contribution in [0.2, 0.25) is 5.15 Å². The Labute approximate surface area is 774 Å². The SMILES string of the molecule is CC(=O)c1ccc2n1CCN(C)C21CCN(C(=O)c2ccc(C3CC3)cc2)CC1.CCOC(=O)CN1CCn2c(C(F)(F)F)ccc2C12CCN(C(=O)c1ccc(OC(C)C)c(C)c1)CC2.COc1cc(C(=O)N2CCC3(CC2)c2ccc(C(=O)C(F)(F)F)n2CCN3C)ccc1C(C)(C)C.Cc1cc(C(=O)N2CCC3(CC2)c2ccc(Cl)n2CCN3C)ccc1-c1ccccc1. The highest BCUT2D eigenvalue weighted by atomic mass is 35.5. The minimum absolute atomic E-state index is 0.00910. The second kappa shape index (κ2) is 38.3. The maximum atomic E-state index is 13.7. The van der Waals surface area contributed by atoms with Gasteiger partial charge in [0.1, 0.15) is 22.3 Å². The van der Waals surface area contributed by atoms with Crippen LogP contribution in [0.3, 0.4) is 0 Å². The quantitative estimate of drug-likeness (QED) is 0.0567. The number of piperidine rings is 4. The van der Waals surface area contributed by atoms with Crippen LogP contribution >= 0.6 is 11.6 Å². The number of alkyl halides is 6. The van der Waals surface area contributed by atoms with Crippen LogP contribution in [-0.4, -0.2) is 231 Å². The van der Waals surface area contributed by atoms with E-state index in [9.17, 15) is 59.9 Å². The molecule has 1 saturated carbocycles. The summed E-state index contributed by atoms with van der Waals surface area (Å²) in [7, 11) is 7.93. The molecule has 132 heavy (non-hydrogen) atoms. The number of likely N-dealkylation sites (tertiary alicyclic amines) is 4. The maximum Gasteiger partial charge on any atom is 0.456 e. The van der Waals surface area contributed by atoms with Gasteiger partial charge in [-0.2, -0.15) is 26.3 Å². The Bertz CT molecular complexity index is 5750. The molecule has 5 fully saturated rings. The van der Waals surface area contributed by atoms with Gasteiger partial charge in [0.05, 0.1) is 59.9 Å². The van der Waals surface area contributed by atoms with Gasteiger partial charge in [-0.3, -0.25) is 53.2 Å². The lowest BCUT2D eigenvalue weighted by atomic mass is 9.81. The van der Waals surface area contributed by atoms with E-state index in [2.05, 4.69) is 108 Å². The summed E-state index contributed by atoms with van der Waals surface area (Å²) in [6.45, 7) is 27.3. The number of carbonyl (C=O) groups is 7. The summed E-state index contributed by atoms with van der Waals surface area (Å²) in [4.78, 5) is 106. The lowest BCUT2D eigenvalue weighted by molar-refractivity contribution is -0.150. The molecular weight excluding hydrogens is 1710 g/mol. The zero-order valence-corrected chi connectivity index (χ0v) is 78.8. The Morgan fingerprint density at radius 3 is 1.36 bits per heavy atom. The molecule has 0 N–H and O–H groups in total. The van der Waals surface area contributed by atoms with Crippen molar-refractivity contribution in [3.63, 3.8) is 0 Å². The first kappa shape index (κ1) is 95.8. The molecule has 4 aromatic heterocycles. The maximum absolute atomic E-state index is 13.7. The fourth-order valence-corrected chi connectivity index (χ4v) is 21.9. The van der Waals surface area contributed by atoms with Crippen LogP contribution in [0, 0.1) is 13.8 Å². The molecule has 9 aliphatic rings. The molecule has 0 atom stereocenters. The molecular formula is C103H123ClF6N12O10. The largest absolute Gasteiger partial charge is 0.496 e. The van der Waals surface area contributed by atoms with E-state index in [0.29, 0.717) is 99.1 Å². The number of hydrogen-bond acceptors (Lipinski definition) is 14. The number of aromatic nitrogens is 4. The first-order valence-electron chi connectivity index (χ1n) is 46.3. The number of rotatable bonds is 14. The number of fused-ring (bicyclic) bond motifs is 8. The van der Waals surface area contributed by atoms with E-state index in [1.54, 1.807) is 61.1 Å². The molecule has 1 aliphatic carbocycles. The first-order valence-corrected chi connectivity index (χ1v) is 46.7. The molecule has 5 aromatic carbocycles. The smallest absolute Gasteiger partial charge is 0.456 e. The summed E-state index contributed by atoms with van der Waals surface area (Å²) >= 11 is 6.42. The number of halogens is 7. The van der Waals surface area contributed by atoms with Gasteiger partial charge >= 0.3 is 18.3 Å². The molecule has 0 radical (unpaired) electrons. The van der Waals surface area contributed by atoms with Crippen LogP contribution in [0.5, 0.6) is 11.5 Å². The Hall–Kier alpha value is -10.8. The highest BCUT2D eigenvalue weighted by Crippen LogP contribution is 2.50. The summed E-state index contributed by atoms with van der Waals surface area (Å²) in [5, 5.41) is 0.815. The van der Waals surface area contributed by atoms with Crippen LogP contribution in [0.4, 0.5) is 26.3 Å². The predicted molar refractivity (Wildman–Crippen MR) is 495 cm³/mol. The van der Waals surface area contributed by atoms with Crippen LogP contribution in [0.1, 0.15) is 232 Å². The van der Waals surface area contributed by atoms with Gasteiger partial charge in [-0.15, -0.1) is 0 Å². The van der Waals surface area contributed by atoms with E-state index in [0.717, 1.165) is 129 Å². The number of esters is 1. The number of ether oxygens (including phenoxy) is 3. The average Bonchev–Trinajstić information content (AvgIpc) is 1.48. The molecule has 18 rings (SSSR count). The number of nitrogens with zero attached hydrogens (tertiary/aromatic N) is 12. The third kappa shape index (κ3) is 19.0. The molecule has 704 valence electrons. The lowest BCUT2D eigenvalue weighted by Gasteiger charge is -2.51. The van der Waals surface area contributed by atoms with Crippen LogP contribution in [0.25, 0.3) is 11.1 Å². The monoisotopic (exact) mass is 1840 g/mol. The number of likely N-dealkylation sites (N-methyl/N-ethyl adjacent to an activating group) is 3. The fourth-order valence-electron chi connectivity index (χ4n) is 21.7.